The Kier molecular flexibility index (Phi) is 3.59. The predicted molar refractivity (Wildman–Crippen MR) is 66.3 cm³/mol. The Balaban J connectivity index is 2.13. The average Bonchev–Trinajstić information content (AvgIpc) is 2.81. The van der Waals surface area contributed by atoms with Gasteiger partial charge in [-0.3, -0.25) is 4.79 Å². The summed E-state index contributed by atoms with van der Waals surface area (Å²) >= 11 is 0. The lowest BCUT2D eigenvalue weighted by atomic mass is 10.0. The first-order valence-corrected chi connectivity index (χ1v) is 5.92. The van der Waals surface area contributed by atoms with E-state index in [0.717, 1.165) is 0 Å². The van der Waals surface area contributed by atoms with Gasteiger partial charge in [0.15, 0.2) is 11.5 Å². The van der Waals surface area contributed by atoms with E-state index in [1.807, 2.05) is 0 Å². The van der Waals surface area contributed by atoms with Crippen molar-refractivity contribution in [3.63, 3.8) is 0 Å². The molecule has 1 amide bonds. The Morgan fingerprint density at radius 3 is 2.58 bits per heavy atom. The highest BCUT2D eigenvalue weighted by Gasteiger charge is 2.24. The second-order valence-corrected chi connectivity index (χ2v) is 4.60. The largest absolute Gasteiger partial charge is 0.480 e. The molecular weight excluding hydrogens is 250 g/mol. The monoisotopic (exact) mass is 265 g/mol. The van der Waals surface area contributed by atoms with Gasteiger partial charge in [-0.05, 0) is 24.1 Å². The van der Waals surface area contributed by atoms with Crippen LogP contribution in [-0.4, -0.2) is 29.8 Å². The summed E-state index contributed by atoms with van der Waals surface area (Å²) in [7, 11) is 0. The number of hydrogen-bond acceptors (Lipinski definition) is 4. The number of nitrogens with one attached hydrogen (secondary N) is 1. The van der Waals surface area contributed by atoms with Gasteiger partial charge in [0, 0.05) is 5.56 Å². The number of benzene rings is 1. The van der Waals surface area contributed by atoms with E-state index in [1.54, 1.807) is 26.0 Å². The summed E-state index contributed by atoms with van der Waals surface area (Å²) in [6.07, 6.45) is 0. The molecule has 0 aliphatic carbocycles. The zero-order chi connectivity index (χ0) is 14.0. The molecule has 0 radical (unpaired) electrons. The third kappa shape index (κ3) is 2.78. The van der Waals surface area contributed by atoms with Gasteiger partial charge in [-0.2, -0.15) is 0 Å². The van der Waals surface area contributed by atoms with Crippen LogP contribution in [0.3, 0.4) is 0 Å². The quantitative estimate of drug-likeness (QED) is 0.856. The van der Waals surface area contributed by atoms with Crippen LogP contribution in [0.25, 0.3) is 0 Å². The molecule has 1 heterocycles. The summed E-state index contributed by atoms with van der Waals surface area (Å²) in [5, 5.41) is 11.5. The van der Waals surface area contributed by atoms with E-state index in [-0.39, 0.29) is 12.7 Å². The SMILES string of the molecule is CC(C)[C@H](NC(=O)c1ccc2c(c1)OCO2)C(=O)O. The Hall–Kier alpha value is -2.24. The van der Waals surface area contributed by atoms with Gasteiger partial charge in [0.1, 0.15) is 6.04 Å². The van der Waals surface area contributed by atoms with Crippen LogP contribution >= 0.6 is 0 Å². The van der Waals surface area contributed by atoms with Crippen molar-refractivity contribution in [2.45, 2.75) is 19.9 Å². The summed E-state index contributed by atoms with van der Waals surface area (Å²) < 4.78 is 10.3. The number of carbonyl (C=O) groups is 2. The molecule has 0 aromatic heterocycles. The van der Waals surface area contributed by atoms with Gasteiger partial charge in [-0.1, -0.05) is 13.8 Å². The molecular formula is C13H15NO5. The molecule has 0 fully saturated rings. The van der Waals surface area contributed by atoms with Gasteiger partial charge in [0.05, 0.1) is 0 Å². The van der Waals surface area contributed by atoms with Crippen molar-refractivity contribution >= 4 is 11.9 Å². The minimum Gasteiger partial charge on any atom is -0.480 e. The van der Waals surface area contributed by atoms with Crippen molar-refractivity contribution in [2.75, 3.05) is 6.79 Å². The molecule has 1 aromatic rings. The fraction of sp³-hybridized carbons (Fsp3) is 0.385. The molecule has 6 heteroatoms. The van der Waals surface area contributed by atoms with Crippen molar-refractivity contribution < 1.29 is 24.2 Å². The molecule has 1 atom stereocenters. The lowest BCUT2D eigenvalue weighted by Gasteiger charge is -2.17. The Bertz CT molecular complexity index is 512. The van der Waals surface area contributed by atoms with Crippen LogP contribution in [0.15, 0.2) is 18.2 Å². The molecule has 0 spiro atoms. The molecule has 19 heavy (non-hydrogen) atoms. The molecule has 0 bridgehead atoms. The number of ether oxygens (including phenoxy) is 2. The normalized spacial score (nSPS) is 14.3. The highest BCUT2D eigenvalue weighted by Crippen LogP contribution is 2.32. The topological polar surface area (TPSA) is 84.9 Å². The van der Waals surface area contributed by atoms with Crippen molar-refractivity contribution in [3.05, 3.63) is 23.8 Å². The number of carboxylic acids is 1. The van der Waals surface area contributed by atoms with Crippen molar-refractivity contribution in [3.8, 4) is 11.5 Å². The van der Waals surface area contributed by atoms with Crippen LogP contribution < -0.4 is 14.8 Å². The summed E-state index contributed by atoms with van der Waals surface area (Å²) in [5.74, 6) is -0.627. The smallest absolute Gasteiger partial charge is 0.326 e. The van der Waals surface area contributed by atoms with E-state index in [4.69, 9.17) is 14.6 Å². The van der Waals surface area contributed by atoms with E-state index in [0.29, 0.717) is 17.1 Å². The molecule has 0 saturated carbocycles. The molecule has 2 rings (SSSR count). The zero-order valence-electron chi connectivity index (χ0n) is 10.7. The molecule has 0 unspecified atom stereocenters. The van der Waals surface area contributed by atoms with Crippen LogP contribution in [-0.2, 0) is 4.79 Å². The van der Waals surface area contributed by atoms with Gasteiger partial charge in [-0.25, -0.2) is 4.79 Å². The maximum Gasteiger partial charge on any atom is 0.326 e. The first kappa shape index (κ1) is 13.2. The van der Waals surface area contributed by atoms with Crippen molar-refractivity contribution in [2.24, 2.45) is 5.92 Å². The van der Waals surface area contributed by atoms with Gasteiger partial charge in [0.2, 0.25) is 6.79 Å². The summed E-state index contributed by atoms with van der Waals surface area (Å²) in [6, 6.07) is 3.82. The van der Waals surface area contributed by atoms with Gasteiger partial charge < -0.3 is 19.9 Å². The number of fused-ring (bicyclic) bond motifs is 1. The highest BCUT2D eigenvalue weighted by molar-refractivity contribution is 5.97. The molecule has 1 aromatic carbocycles. The lowest BCUT2D eigenvalue weighted by molar-refractivity contribution is -0.140. The second kappa shape index (κ2) is 5.17. The molecule has 102 valence electrons. The molecule has 2 N–H and O–H groups in total. The minimum atomic E-state index is -1.05. The third-order valence-electron chi connectivity index (χ3n) is 2.85. The molecule has 1 aliphatic rings. The lowest BCUT2D eigenvalue weighted by Crippen LogP contribution is -2.44. The Morgan fingerprint density at radius 2 is 1.95 bits per heavy atom. The summed E-state index contributed by atoms with van der Waals surface area (Å²) in [6.45, 7) is 3.60. The highest BCUT2D eigenvalue weighted by atomic mass is 16.7. The second-order valence-electron chi connectivity index (χ2n) is 4.60. The van der Waals surface area contributed by atoms with E-state index in [2.05, 4.69) is 5.32 Å². The van der Waals surface area contributed by atoms with Crippen LogP contribution in [0, 0.1) is 5.92 Å². The number of hydrogen-bond donors (Lipinski definition) is 2. The zero-order valence-corrected chi connectivity index (χ0v) is 10.7. The summed E-state index contributed by atoms with van der Waals surface area (Å²) in [4.78, 5) is 23.0. The van der Waals surface area contributed by atoms with Crippen LogP contribution in [0.1, 0.15) is 24.2 Å². The predicted octanol–water partition coefficient (Wildman–Crippen LogP) is 1.25. The van der Waals surface area contributed by atoms with Gasteiger partial charge in [0.25, 0.3) is 5.91 Å². The van der Waals surface area contributed by atoms with E-state index in [1.165, 1.54) is 6.07 Å². The van der Waals surface area contributed by atoms with Crippen LogP contribution in [0.5, 0.6) is 11.5 Å². The molecule has 1 aliphatic heterocycles. The Labute approximate surface area is 110 Å². The number of carbonyl (C=O) groups excluding carboxylic acids is 1. The molecule has 0 saturated heterocycles. The fourth-order valence-corrected chi connectivity index (χ4v) is 1.78. The summed E-state index contributed by atoms with van der Waals surface area (Å²) in [5.41, 5.74) is 0.344. The first-order valence-electron chi connectivity index (χ1n) is 5.92. The third-order valence-corrected chi connectivity index (χ3v) is 2.85. The number of carboxylic acid groups (broad SMARTS) is 1. The van der Waals surface area contributed by atoms with Crippen molar-refractivity contribution in [1.82, 2.24) is 5.32 Å². The number of aliphatic carboxylic acids is 1. The van der Waals surface area contributed by atoms with Crippen molar-refractivity contribution in [1.29, 1.82) is 0 Å². The molecule has 6 nitrogen and oxygen atoms in total. The van der Waals surface area contributed by atoms with Gasteiger partial charge >= 0.3 is 5.97 Å². The minimum absolute atomic E-state index is 0.129. The van der Waals surface area contributed by atoms with E-state index in [9.17, 15) is 9.59 Å². The number of rotatable bonds is 4. The van der Waals surface area contributed by atoms with Crippen LogP contribution in [0.2, 0.25) is 0 Å². The Morgan fingerprint density at radius 1 is 1.26 bits per heavy atom. The average molecular weight is 265 g/mol. The van der Waals surface area contributed by atoms with Gasteiger partial charge in [-0.15, -0.1) is 0 Å². The maximum absolute atomic E-state index is 12.0. The van der Waals surface area contributed by atoms with E-state index < -0.39 is 17.9 Å². The standard InChI is InChI=1S/C13H15NO5/c1-7(2)11(13(16)17)14-12(15)8-3-4-9-10(5-8)19-6-18-9/h3-5,7,11H,6H2,1-2H3,(H,14,15)(H,16,17)/t11-/m0/s1. The van der Waals surface area contributed by atoms with E-state index >= 15 is 0 Å². The first-order chi connectivity index (χ1) is 8.99. The van der Waals surface area contributed by atoms with Crippen LogP contribution in [0.4, 0.5) is 0 Å². The fourth-order valence-electron chi connectivity index (χ4n) is 1.78. The maximum atomic E-state index is 12.0. The number of amides is 1.